The SMILES string of the molecule is CC.COc1cc(Cl)cc2c3cc(Cl)ccc3n(C3CCCNCC3)c12. The fourth-order valence-electron chi connectivity index (χ4n) is 3.88. The fourth-order valence-corrected chi connectivity index (χ4v) is 4.26. The summed E-state index contributed by atoms with van der Waals surface area (Å²) >= 11 is 12.6. The van der Waals surface area contributed by atoms with Crippen LogP contribution in [0.1, 0.15) is 39.2 Å². The molecule has 3 aromatic rings. The van der Waals surface area contributed by atoms with Crippen molar-refractivity contribution >= 4 is 45.0 Å². The van der Waals surface area contributed by atoms with Gasteiger partial charge in [0.1, 0.15) is 5.75 Å². The van der Waals surface area contributed by atoms with Crippen LogP contribution in [0.3, 0.4) is 0 Å². The molecular weight excluding hydrogens is 367 g/mol. The van der Waals surface area contributed by atoms with Crippen molar-refractivity contribution < 1.29 is 4.74 Å². The Balaban J connectivity index is 0.000000948. The number of aromatic nitrogens is 1. The highest BCUT2D eigenvalue weighted by atomic mass is 35.5. The second kappa shape index (κ2) is 8.51. The Hall–Kier alpha value is -1.42. The van der Waals surface area contributed by atoms with E-state index in [9.17, 15) is 0 Å². The standard InChI is InChI=1S/C19H20Cl2N2O.C2H6/c1-24-18-11-13(21)10-16-15-9-12(20)4-5-17(15)23(19(16)18)14-3-2-7-22-8-6-14;1-2/h4-5,9-11,14,22H,2-3,6-8H2,1H3;1-2H3. The number of halogens is 2. The predicted molar refractivity (Wildman–Crippen MR) is 113 cm³/mol. The molecule has 3 nitrogen and oxygen atoms in total. The maximum atomic E-state index is 6.33. The Labute approximate surface area is 165 Å². The van der Waals surface area contributed by atoms with Crippen LogP contribution in [0, 0.1) is 0 Å². The topological polar surface area (TPSA) is 26.2 Å². The molecule has 2 aromatic carbocycles. The summed E-state index contributed by atoms with van der Waals surface area (Å²) in [5, 5.41) is 7.16. The van der Waals surface area contributed by atoms with Crippen LogP contribution in [-0.2, 0) is 0 Å². The molecule has 1 saturated heterocycles. The molecule has 140 valence electrons. The number of methoxy groups -OCH3 is 1. The van der Waals surface area contributed by atoms with Crippen molar-refractivity contribution in [2.75, 3.05) is 20.2 Å². The monoisotopic (exact) mass is 392 g/mol. The zero-order valence-electron chi connectivity index (χ0n) is 15.6. The molecule has 1 N–H and O–H groups in total. The van der Waals surface area contributed by atoms with E-state index in [1.165, 1.54) is 11.9 Å². The van der Waals surface area contributed by atoms with E-state index in [-0.39, 0.29) is 0 Å². The fraction of sp³-hybridized carbons (Fsp3) is 0.429. The van der Waals surface area contributed by atoms with E-state index in [0.717, 1.165) is 53.0 Å². The molecule has 1 atom stereocenters. The quantitative estimate of drug-likeness (QED) is 0.541. The van der Waals surface area contributed by atoms with Crippen LogP contribution in [0.5, 0.6) is 5.75 Å². The Morgan fingerprint density at radius 2 is 1.77 bits per heavy atom. The van der Waals surface area contributed by atoms with E-state index < -0.39 is 0 Å². The number of benzene rings is 2. The average molecular weight is 393 g/mol. The number of fused-ring (bicyclic) bond motifs is 3. The van der Waals surface area contributed by atoms with Crippen molar-refractivity contribution in [2.24, 2.45) is 0 Å². The molecule has 5 heteroatoms. The highest BCUT2D eigenvalue weighted by Gasteiger charge is 2.22. The third-order valence-corrected chi connectivity index (χ3v) is 5.37. The number of hydrogen-bond acceptors (Lipinski definition) is 2. The third-order valence-electron chi connectivity index (χ3n) is 4.92. The normalized spacial score (nSPS) is 17.7. The van der Waals surface area contributed by atoms with Crippen LogP contribution in [0.25, 0.3) is 21.8 Å². The maximum absolute atomic E-state index is 6.33. The predicted octanol–water partition coefficient (Wildman–Crippen LogP) is 6.45. The first-order valence-electron chi connectivity index (χ1n) is 9.36. The molecule has 4 rings (SSSR count). The molecule has 1 aliphatic rings. The number of nitrogens with zero attached hydrogens (tertiary/aromatic N) is 1. The summed E-state index contributed by atoms with van der Waals surface area (Å²) in [5.41, 5.74) is 2.31. The molecule has 1 aliphatic heterocycles. The van der Waals surface area contributed by atoms with Gasteiger partial charge in [-0.15, -0.1) is 0 Å². The molecule has 0 aliphatic carbocycles. The lowest BCUT2D eigenvalue weighted by Gasteiger charge is -2.20. The Morgan fingerprint density at radius 1 is 1.00 bits per heavy atom. The number of rotatable bonds is 2. The lowest BCUT2D eigenvalue weighted by Crippen LogP contribution is -2.15. The smallest absolute Gasteiger partial charge is 0.144 e. The van der Waals surface area contributed by atoms with Crippen molar-refractivity contribution in [3.8, 4) is 5.75 Å². The summed E-state index contributed by atoms with van der Waals surface area (Å²) in [7, 11) is 1.70. The van der Waals surface area contributed by atoms with Crippen molar-refractivity contribution in [1.29, 1.82) is 0 Å². The minimum Gasteiger partial charge on any atom is -0.494 e. The first-order valence-corrected chi connectivity index (χ1v) is 10.1. The molecule has 1 unspecified atom stereocenters. The van der Waals surface area contributed by atoms with Crippen molar-refractivity contribution in [2.45, 2.75) is 39.2 Å². The summed E-state index contributed by atoms with van der Waals surface area (Å²) in [4.78, 5) is 0. The molecule has 0 bridgehead atoms. The number of ether oxygens (including phenoxy) is 1. The summed E-state index contributed by atoms with van der Waals surface area (Å²) in [6.45, 7) is 6.12. The maximum Gasteiger partial charge on any atom is 0.144 e. The molecule has 0 spiro atoms. The third kappa shape index (κ3) is 3.53. The van der Waals surface area contributed by atoms with Gasteiger partial charge in [-0.25, -0.2) is 0 Å². The van der Waals surface area contributed by atoms with Crippen LogP contribution in [0.2, 0.25) is 10.0 Å². The first kappa shape index (κ1) is 19.3. The molecule has 0 amide bonds. The van der Waals surface area contributed by atoms with Crippen LogP contribution >= 0.6 is 23.2 Å². The number of hydrogen-bond donors (Lipinski definition) is 1. The Morgan fingerprint density at radius 3 is 2.54 bits per heavy atom. The van der Waals surface area contributed by atoms with Crippen molar-refractivity contribution in [3.05, 3.63) is 40.4 Å². The second-order valence-corrected chi connectivity index (χ2v) is 7.24. The summed E-state index contributed by atoms with van der Waals surface area (Å²) in [6, 6.07) is 10.5. The molecule has 1 fully saturated rings. The number of nitrogens with one attached hydrogen (secondary N) is 1. The van der Waals surface area contributed by atoms with Crippen molar-refractivity contribution in [1.82, 2.24) is 9.88 Å². The van der Waals surface area contributed by atoms with E-state index >= 15 is 0 Å². The van der Waals surface area contributed by atoms with E-state index in [4.69, 9.17) is 27.9 Å². The largest absolute Gasteiger partial charge is 0.494 e. The Kier molecular flexibility index (Phi) is 6.33. The van der Waals surface area contributed by atoms with Gasteiger partial charge in [-0.3, -0.25) is 0 Å². The van der Waals surface area contributed by atoms with E-state index in [0.29, 0.717) is 11.1 Å². The summed E-state index contributed by atoms with van der Waals surface area (Å²) in [6.07, 6.45) is 3.43. The van der Waals surface area contributed by atoms with E-state index in [1.807, 2.05) is 38.1 Å². The van der Waals surface area contributed by atoms with Gasteiger partial charge >= 0.3 is 0 Å². The summed E-state index contributed by atoms with van der Waals surface area (Å²) in [5.74, 6) is 0.821. The minimum absolute atomic E-state index is 0.441. The lowest BCUT2D eigenvalue weighted by atomic mass is 10.1. The van der Waals surface area contributed by atoms with Crippen LogP contribution < -0.4 is 10.1 Å². The second-order valence-electron chi connectivity index (χ2n) is 6.37. The molecular formula is C21H26Cl2N2O. The van der Waals surface area contributed by atoms with Crippen molar-refractivity contribution in [3.63, 3.8) is 0 Å². The Bertz CT molecular complexity index is 896. The van der Waals surface area contributed by atoms with Gasteiger partial charge in [-0.05, 0) is 56.6 Å². The zero-order valence-corrected chi connectivity index (χ0v) is 17.1. The molecule has 2 heterocycles. The van der Waals surface area contributed by atoms with Crippen LogP contribution in [0.15, 0.2) is 30.3 Å². The summed E-state index contributed by atoms with van der Waals surface area (Å²) < 4.78 is 8.11. The van der Waals surface area contributed by atoms with Gasteiger partial charge in [-0.2, -0.15) is 0 Å². The van der Waals surface area contributed by atoms with Gasteiger partial charge in [0.25, 0.3) is 0 Å². The van der Waals surface area contributed by atoms with Gasteiger partial charge in [0.2, 0.25) is 0 Å². The van der Waals surface area contributed by atoms with Gasteiger partial charge < -0.3 is 14.6 Å². The van der Waals surface area contributed by atoms with E-state index in [2.05, 4.69) is 16.0 Å². The van der Waals surface area contributed by atoms with Crippen LogP contribution in [-0.4, -0.2) is 24.8 Å². The highest BCUT2D eigenvalue weighted by Crippen LogP contribution is 2.41. The molecule has 1 aromatic heterocycles. The van der Waals surface area contributed by atoms with Gasteiger partial charge in [0, 0.05) is 38.4 Å². The minimum atomic E-state index is 0.441. The van der Waals surface area contributed by atoms with Gasteiger partial charge in [-0.1, -0.05) is 37.0 Å². The van der Waals surface area contributed by atoms with E-state index in [1.54, 1.807) is 7.11 Å². The highest BCUT2D eigenvalue weighted by molar-refractivity contribution is 6.33. The van der Waals surface area contributed by atoms with Crippen LogP contribution in [0.4, 0.5) is 0 Å². The average Bonchev–Trinajstić information content (AvgIpc) is 2.81. The lowest BCUT2D eigenvalue weighted by molar-refractivity contribution is 0.412. The zero-order chi connectivity index (χ0) is 18.7. The molecule has 26 heavy (non-hydrogen) atoms. The first-order chi connectivity index (χ1) is 12.7. The molecule has 0 saturated carbocycles. The molecule has 0 radical (unpaired) electrons. The van der Waals surface area contributed by atoms with Gasteiger partial charge in [0.05, 0.1) is 12.6 Å². The van der Waals surface area contributed by atoms with Gasteiger partial charge in [0.15, 0.2) is 0 Å².